The smallest absolute Gasteiger partial charge is 0.236 e. The molecule has 98 valence electrons. The van der Waals surface area contributed by atoms with Crippen LogP contribution in [0.5, 0.6) is 0 Å². The van der Waals surface area contributed by atoms with Crippen LogP contribution in [0.1, 0.15) is 32.1 Å². The normalized spacial score (nSPS) is 20.2. The van der Waals surface area contributed by atoms with Gasteiger partial charge < -0.3 is 4.52 Å². The Morgan fingerprint density at radius 1 is 1.22 bits per heavy atom. The molecule has 1 aromatic carbocycles. The van der Waals surface area contributed by atoms with E-state index in [1.165, 1.54) is 19.3 Å². The van der Waals surface area contributed by atoms with Crippen molar-refractivity contribution in [2.24, 2.45) is 0 Å². The number of hydrogen-bond acceptors (Lipinski definition) is 2. The van der Waals surface area contributed by atoms with Gasteiger partial charge in [0.15, 0.2) is 0 Å². The van der Waals surface area contributed by atoms with Gasteiger partial charge in [-0.2, -0.15) is 0 Å². The summed E-state index contributed by atoms with van der Waals surface area (Å²) in [4.78, 5) is 0. The van der Waals surface area contributed by atoms with Gasteiger partial charge in [0, 0.05) is 11.5 Å². The van der Waals surface area contributed by atoms with E-state index >= 15 is 0 Å². The Kier molecular flexibility index (Phi) is 4.79. The second-order valence-corrected chi connectivity index (χ2v) is 7.28. The Balaban J connectivity index is 2.15. The van der Waals surface area contributed by atoms with Crippen molar-refractivity contribution in [3.05, 3.63) is 43.0 Å². The molecule has 0 aromatic heterocycles. The standard InChI is InChI=1S/C15H21O2P/c1-2-13-18(16,15-11-7-4-8-12-15)17-14-9-5-3-6-10-14/h2,4,7-8,11-12,14H,1,3,5-6,9-10,13H2. The maximum atomic E-state index is 13.0. The third-order valence-corrected chi connectivity index (χ3v) is 5.85. The largest absolute Gasteiger partial charge is 0.322 e. The average Bonchev–Trinajstić information content (AvgIpc) is 2.41. The molecule has 1 aliphatic carbocycles. The molecule has 1 saturated carbocycles. The molecule has 0 N–H and O–H groups in total. The van der Waals surface area contributed by atoms with E-state index < -0.39 is 7.37 Å². The van der Waals surface area contributed by atoms with Gasteiger partial charge in [-0.1, -0.05) is 43.5 Å². The van der Waals surface area contributed by atoms with E-state index in [0.29, 0.717) is 6.16 Å². The fourth-order valence-electron chi connectivity index (χ4n) is 2.45. The van der Waals surface area contributed by atoms with Crippen LogP contribution in [0.3, 0.4) is 0 Å². The molecule has 0 bridgehead atoms. The van der Waals surface area contributed by atoms with Gasteiger partial charge in [0.1, 0.15) is 0 Å². The Morgan fingerprint density at radius 2 is 1.89 bits per heavy atom. The van der Waals surface area contributed by atoms with Crippen molar-refractivity contribution < 1.29 is 9.09 Å². The van der Waals surface area contributed by atoms with E-state index in [0.717, 1.165) is 18.1 Å². The zero-order valence-corrected chi connectivity index (χ0v) is 11.6. The van der Waals surface area contributed by atoms with Gasteiger partial charge in [0.05, 0.1) is 6.10 Å². The van der Waals surface area contributed by atoms with Crippen LogP contribution in [0.4, 0.5) is 0 Å². The molecule has 3 heteroatoms. The third-order valence-electron chi connectivity index (χ3n) is 3.39. The van der Waals surface area contributed by atoms with Crippen molar-refractivity contribution in [3.8, 4) is 0 Å². The van der Waals surface area contributed by atoms with Crippen LogP contribution in [0.2, 0.25) is 0 Å². The molecule has 0 spiro atoms. The Bertz CT molecular complexity index is 421. The molecule has 0 saturated heterocycles. The average molecular weight is 264 g/mol. The van der Waals surface area contributed by atoms with Gasteiger partial charge >= 0.3 is 0 Å². The van der Waals surface area contributed by atoms with Crippen molar-refractivity contribution in [1.82, 2.24) is 0 Å². The SMILES string of the molecule is C=CCP(=O)(OC1CCCCC1)c1ccccc1. The fourth-order valence-corrected chi connectivity index (χ4v) is 4.52. The maximum Gasteiger partial charge on any atom is 0.236 e. The fraction of sp³-hybridized carbons (Fsp3) is 0.467. The quantitative estimate of drug-likeness (QED) is 0.590. The molecule has 1 aliphatic rings. The van der Waals surface area contributed by atoms with Crippen molar-refractivity contribution >= 4 is 12.7 Å². The first-order valence-corrected chi connectivity index (χ1v) is 8.49. The van der Waals surface area contributed by atoms with Crippen LogP contribution >= 0.6 is 7.37 Å². The minimum Gasteiger partial charge on any atom is -0.322 e. The molecule has 0 radical (unpaired) electrons. The molecule has 1 unspecified atom stereocenters. The molecule has 2 nitrogen and oxygen atoms in total. The van der Waals surface area contributed by atoms with E-state index in [1.807, 2.05) is 30.3 Å². The van der Waals surface area contributed by atoms with Crippen LogP contribution in [0, 0.1) is 0 Å². The summed E-state index contributed by atoms with van der Waals surface area (Å²) in [6.07, 6.45) is 8.01. The predicted molar refractivity (Wildman–Crippen MR) is 76.7 cm³/mol. The Morgan fingerprint density at radius 3 is 2.50 bits per heavy atom. The maximum absolute atomic E-state index is 13.0. The van der Waals surface area contributed by atoms with Crippen LogP contribution in [0.25, 0.3) is 0 Å². The van der Waals surface area contributed by atoms with Crippen LogP contribution in [-0.2, 0) is 9.09 Å². The van der Waals surface area contributed by atoms with Gasteiger partial charge in [-0.3, -0.25) is 4.57 Å². The van der Waals surface area contributed by atoms with Gasteiger partial charge in [-0.15, -0.1) is 6.58 Å². The first kappa shape index (κ1) is 13.6. The summed E-state index contributed by atoms with van der Waals surface area (Å²) in [5.41, 5.74) is 0. The summed E-state index contributed by atoms with van der Waals surface area (Å²) < 4.78 is 19.0. The first-order chi connectivity index (χ1) is 8.74. The lowest BCUT2D eigenvalue weighted by Crippen LogP contribution is -2.20. The van der Waals surface area contributed by atoms with E-state index in [-0.39, 0.29) is 6.10 Å². The molecule has 0 heterocycles. The van der Waals surface area contributed by atoms with Crippen LogP contribution < -0.4 is 5.30 Å². The van der Waals surface area contributed by atoms with E-state index in [2.05, 4.69) is 6.58 Å². The highest BCUT2D eigenvalue weighted by Gasteiger charge is 2.29. The van der Waals surface area contributed by atoms with Gasteiger partial charge in [-0.05, 0) is 25.0 Å². The minimum atomic E-state index is -2.76. The van der Waals surface area contributed by atoms with Crippen molar-refractivity contribution in [3.63, 3.8) is 0 Å². The number of allylic oxidation sites excluding steroid dienone is 1. The van der Waals surface area contributed by atoms with Gasteiger partial charge in [-0.25, -0.2) is 0 Å². The lowest BCUT2D eigenvalue weighted by Gasteiger charge is -2.27. The van der Waals surface area contributed by atoms with Crippen LogP contribution in [0.15, 0.2) is 43.0 Å². The van der Waals surface area contributed by atoms with E-state index in [1.54, 1.807) is 6.08 Å². The van der Waals surface area contributed by atoms with Crippen molar-refractivity contribution in [2.45, 2.75) is 38.2 Å². The highest BCUT2D eigenvalue weighted by Crippen LogP contribution is 2.48. The number of benzene rings is 1. The van der Waals surface area contributed by atoms with Gasteiger partial charge in [0.25, 0.3) is 0 Å². The molecule has 0 aliphatic heterocycles. The molecule has 1 fully saturated rings. The molecular weight excluding hydrogens is 243 g/mol. The molecule has 1 atom stereocenters. The Labute approximate surface area is 110 Å². The molecular formula is C15H21O2P. The molecule has 0 amide bonds. The van der Waals surface area contributed by atoms with Crippen molar-refractivity contribution in [1.29, 1.82) is 0 Å². The summed E-state index contributed by atoms with van der Waals surface area (Å²) in [5, 5.41) is 0.815. The molecule has 2 rings (SSSR count). The summed E-state index contributed by atoms with van der Waals surface area (Å²) in [7, 11) is -2.76. The van der Waals surface area contributed by atoms with E-state index in [4.69, 9.17) is 4.52 Å². The van der Waals surface area contributed by atoms with E-state index in [9.17, 15) is 4.57 Å². The number of hydrogen-bond donors (Lipinski definition) is 0. The second kappa shape index (κ2) is 6.36. The second-order valence-electron chi connectivity index (χ2n) is 4.85. The molecule has 18 heavy (non-hydrogen) atoms. The monoisotopic (exact) mass is 264 g/mol. The summed E-state index contributed by atoms with van der Waals surface area (Å²) in [6.45, 7) is 3.71. The highest BCUT2D eigenvalue weighted by molar-refractivity contribution is 7.67. The summed E-state index contributed by atoms with van der Waals surface area (Å²) in [5.74, 6) is 0. The third kappa shape index (κ3) is 3.34. The number of rotatable bonds is 5. The van der Waals surface area contributed by atoms with Crippen LogP contribution in [-0.4, -0.2) is 12.3 Å². The molecule has 1 aromatic rings. The summed E-state index contributed by atoms with van der Waals surface area (Å²) >= 11 is 0. The lowest BCUT2D eigenvalue weighted by atomic mass is 9.98. The zero-order chi connectivity index (χ0) is 12.8. The summed E-state index contributed by atoms with van der Waals surface area (Å²) in [6, 6.07) is 9.55. The Hall–Kier alpha value is -0.850. The van der Waals surface area contributed by atoms with Gasteiger partial charge in [0.2, 0.25) is 7.37 Å². The predicted octanol–water partition coefficient (Wildman–Crippen LogP) is 4.13. The highest BCUT2D eigenvalue weighted by atomic mass is 31.2. The lowest BCUT2D eigenvalue weighted by molar-refractivity contribution is 0.162. The topological polar surface area (TPSA) is 26.3 Å². The first-order valence-electron chi connectivity index (χ1n) is 6.68. The zero-order valence-electron chi connectivity index (χ0n) is 10.8. The minimum absolute atomic E-state index is 0.157. The van der Waals surface area contributed by atoms with Crippen molar-refractivity contribution in [2.75, 3.05) is 6.16 Å².